The van der Waals surface area contributed by atoms with Crippen molar-refractivity contribution >= 4 is 27.6 Å². The number of amides is 2. The highest BCUT2D eigenvalue weighted by Gasteiger charge is 2.44. The summed E-state index contributed by atoms with van der Waals surface area (Å²) < 4.78 is 33.2. The molecule has 1 saturated heterocycles. The fourth-order valence-electron chi connectivity index (χ4n) is 3.95. The second-order valence-electron chi connectivity index (χ2n) is 9.92. The van der Waals surface area contributed by atoms with Gasteiger partial charge in [-0.1, -0.05) is 26.8 Å². The monoisotopic (exact) mass is 504 g/mol. The molecule has 2 aromatic heterocycles. The number of hydrogen-bond donors (Lipinski definition) is 2. The largest absolute Gasteiger partial charge is 0.459 e. The van der Waals surface area contributed by atoms with Crippen LogP contribution in [0.1, 0.15) is 57.5 Å². The lowest BCUT2D eigenvalue weighted by Crippen LogP contribution is -2.57. The SMILES string of the molecule is C[C@@H]1CC[C@H](N(C(=O)[C@H](CC(C)(C)C)NC(=O)c2ccco2)S(=O)(=O)c2ccccn2)C(=O)CN1. The standard InChI is InChI=1S/C24H32N4O6S/c1-16-10-11-18(19(29)15-26-16)28(35(32,33)21-9-5-6-12-25-21)23(31)17(14-24(2,3)4)27-22(30)20-8-7-13-34-20/h5-9,12-13,16-18,26H,10-11,14-15H2,1-4H3,(H,27,30)/t16-,17+,18+/m1/s1. The van der Waals surface area contributed by atoms with Crippen LogP contribution in [0.3, 0.4) is 0 Å². The number of hydrogen-bond acceptors (Lipinski definition) is 8. The van der Waals surface area contributed by atoms with E-state index in [0.717, 1.165) is 0 Å². The molecule has 1 fully saturated rings. The molecule has 10 nitrogen and oxygen atoms in total. The summed E-state index contributed by atoms with van der Waals surface area (Å²) in [5, 5.41) is 5.32. The number of sulfonamides is 1. The van der Waals surface area contributed by atoms with Crippen molar-refractivity contribution in [2.45, 2.75) is 70.1 Å². The molecule has 190 valence electrons. The van der Waals surface area contributed by atoms with Gasteiger partial charge in [0.15, 0.2) is 16.6 Å². The van der Waals surface area contributed by atoms with Gasteiger partial charge < -0.3 is 15.1 Å². The summed E-state index contributed by atoms with van der Waals surface area (Å²) in [6, 6.07) is 4.82. The molecule has 0 saturated carbocycles. The highest BCUT2D eigenvalue weighted by Crippen LogP contribution is 2.27. The summed E-state index contributed by atoms with van der Waals surface area (Å²) in [7, 11) is -4.51. The first-order valence-corrected chi connectivity index (χ1v) is 12.9. The van der Waals surface area contributed by atoms with Crippen molar-refractivity contribution in [3.05, 3.63) is 48.6 Å². The maximum Gasteiger partial charge on any atom is 0.287 e. The third-order valence-electron chi connectivity index (χ3n) is 5.70. The van der Waals surface area contributed by atoms with E-state index < -0.39 is 45.1 Å². The zero-order valence-corrected chi connectivity index (χ0v) is 21.2. The van der Waals surface area contributed by atoms with Crippen LogP contribution in [0, 0.1) is 5.41 Å². The first-order chi connectivity index (χ1) is 16.4. The Hall–Kier alpha value is -3.05. The Morgan fingerprint density at radius 2 is 1.97 bits per heavy atom. The fourth-order valence-corrected chi connectivity index (χ4v) is 5.52. The maximum absolute atomic E-state index is 14.0. The van der Waals surface area contributed by atoms with Gasteiger partial charge in [0.1, 0.15) is 12.1 Å². The molecule has 3 heterocycles. The van der Waals surface area contributed by atoms with E-state index in [1.807, 2.05) is 27.7 Å². The van der Waals surface area contributed by atoms with Crippen molar-refractivity contribution in [2.75, 3.05) is 6.54 Å². The quantitative estimate of drug-likeness (QED) is 0.585. The average Bonchev–Trinajstić information content (AvgIpc) is 3.28. The van der Waals surface area contributed by atoms with Gasteiger partial charge in [-0.3, -0.25) is 14.4 Å². The van der Waals surface area contributed by atoms with Crippen LogP contribution < -0.4 is 10.6 Å². The second kappa shape index (κ2) is 10.7. The zero-order chi connectivity index (χ0) is 25.8. The first kappa shape index (κ1) is 26.6. The molecule has 11 heteroatoms. The van der Waals surface area contributed by atoms with Crippen LogP contribution in [0.4, 0.5) is 0 Å². The molecule has 0 spiro atoms. The predicted octanol–water partition coefficient (Wildman–Crippen LogP) is 2.14. The number of aromatic nitrogens is 1. The van der Waals surface area contributed by atoms with E-state index in [1.54, 1.807) is 6.07 Å². The number of nitrogens with one attached hydrogen (secondary N) is 2. The Kier molecular flexibility index (Phi) is 8.11. The van der Waals surface area contributed by atoms with Gasteiger partial charge in [-0.05, 0) is 55.9 Å². The summed E-state index contributed by atoms with van der Waals surface area (Å²) in [4.78, 5) is 43.8. The van der Waals surface area contributed by atoms with Gasteiger partial charge in [0.05, 0.1) is 12.8 Å². The third-order valence-corrected chi connectivity index (χ3v) is 7.42. The number of furan rings is 1. The van der Waals surface area contributed by atoms with Gasteiger partial charge in [0.25, 0.3) is 21.8 Å². The van der Waals surface area contributed by atoms with Crippen molar-refractivity contribution in [2.24, 2.45) is 5.41 Å². The number of Topliss-reactive ketones (excluding diaryl/α,β-unsaturated/α-hetero) is 1. The van der Waals surface area contributed by atoms with E-state index in [-0.39, 0.29) is 36.2 Å². The van der Waals surface area contributed by atoms with E-state index in [9.17, 15) is 22.8 Å². The molecule has 2 aromatic rings. The number of nitrogens with zero attached hydrogens (tertiary/aromatic N) is 2. The Morgan fingerprint density at radius 3 is 2.57 bits per heavy atom. The third kappa shape index (κ3) is 6.55. The van der Waals surface area contributed by atoms with Crippen LogP contribution in [0.5, 0.6) is 0 Å². The van der Waals surface area contributed by atoms with Gasteiger partial charge in [0.2, 0.25) is 0 Å². The first-order valence-electron chi connectivity index (χ1n) is 11.5. The lowest BCUT2D eigenvalue weighted by molar-refractivity contribution is -0.135. The predicted molar refractivity (Wildman–Crippen MR) is 128 cm³/mol. The fraction of sp³-hybridized carbons (Fsp3) is 0.500. The molecule has 0 aliphatic carbocycles. The summed E-state index contributed by atoms with van der Waals surface area (Å²) in [6.07, 6.45) is 3.40. The molecule has 0 aromatic carbocycles. The number of pyridine rings is 1. The van der Waals surface area contributed by atoms with Gasteiger partial charge >= 0.3 is 0 Å². The number of carbonyl (C=O) groups excluding carboxylic acids is 3. The van der Waals surface area contributed by atoms with E-state index >= 15 is 0 Å². The van der Waals surface area contributed by atoms with Crippen LogP contribution in [0.2, 0.25) is 0 Å². The smallest absolute Gasteiger partial charge is 0.287 e. The minimum atomic E-state index is -4.51. The number of ketones is 1. The Morgan fingerprint density at radius 1 is 1.23 bits per heavy atom. The zero-order valence-electron chi connectivity index (χ0n) is 20.4. The van der Waals surface area contributed by atoms with Crippen LogP contribution in [0.15, 0.2) is 52.2 Å². The molecule has 0 radical (unpaired) electrons. The minimum absolute atomic E-state index is 0.0144. The average molecular weight is 505 g/mol. The van der Waals surface area contributed by atoms with Crippen molar-refractivity contribution in [3.8, 4) is 0 Å². The van der Waals surface area contributed by atoms with E-state index in [4.69, 9.17) is 4.42 Å². The molecular formula is C24H32N4O6S. The van der Waals surface area contributed by atoms with E-state index in [1.165, 1.54) is 36.7 Å². The molecule has 0 bridgehead atoms. The van der Waals surface area contributed by atoms with Crippen molar-refractivity contribution in [3.63, 3.8) is 0 Å². The summed E-state index contributed by atoms with van der Waals surface area (Å²) in [6.45, 7) is 7.42. The topological polar surface area (TPSA) is 139 Å². The number of carbonyl (C=O) groups is 3. The molecule has 1 aliphatic heterocycles. The van der Waals surface area contributed by atoms with Crippen LogP contribution >= 0.6 is 0 Å². The maximum atomic E-state index is 14.0. The molecule has 35 heavy (non-hydrogen) atoms. The number of rotatable bonds is 7. The second-order valence-corrected chi connectivity index (χ2v) is 11.7. The molecule has 3 rings (SSSR count). The summed E-state index contributed by atoms with van der Waals surface area (Å²) in [5.41, 5.74) is -0.458. The van der Waals surface area contributed by atoms with E-state index in [2.05, 4.69) is 15.6 Å². The van der Waals surface area contributed by atoms with Crippen molar-refractivity contribution < 1.29 is 27.2 Å². The summed E-state index contributed by atoms with van der Waals surface area (Å²) in [5.74, 6) is -1.98. The molecule has 3 atom stereocenters. The molecule has 2 amide bonds. The van der Waals surface area contributed by atoms with Gasteiger partial charge in [-0.25, -0.2) is 9.29 Å². The van der Waals surface area contributed by atoms with Crippen LogP contribution in [0.25, 0.3) is 0 Å². The molecule has 0 unspecified atom stereocenters. The normalized spacial score (nSPS) is 20.1. The Bertz CT molecular complexity index is 1140. The van der Waals surface area contributed by atoms with Crippen LogP contribution in [-0.2, 0) is 19.6 Å². The van der Waals surface area contributed by atoms with Crippen molar-refractivity contribution in [1.82, 2.24) is 19.9 Å². The van der Waals surface area contributed by atoms with Gasteiger partial charge in [-0.2, -0.15) is 8.42 Å². The Balaban J connectivity index is 2.07. The molecule has 1 aliphatic rings. The van der Waals surface area contributed by atoms with Crippen LogP contribution in [-0.4, -0.2) is 60.0 Å². The molecular weight excluding hydrogens is 472 g/mol. The lowest BCUT2D eigenvalue weighted by atomic mass is 9.87. The summed E-state index contributed by atoms with van der Waals surface area (Å²) >= 11 is 0. The highest BCUT2D eigenvalue weighted by atomic mass is 32.2. The van der Waals surface area contributed by atoms with E-state index in [0.29, 0.717) is 10.7 Å². The minimum Gasteiger partial charge on any atom is -0.459 e. The van der Waals surface area contributed by atoms with Gasteiger partial charge in [0, 0.05) is 12.2 Å². The van der Waals surface area contributed by atoms with Gasteiger partial charge in [-0.15, -0.1) is 0 Å². The Labute approximate surface area is 205 Å². The van der Waals surface area contributed by atoms with Crippen molar-refractivity contribution in [1.29, 1.82) is 0 Å². The highest BCUT2D eigenvalue weighted by molar-refractivity contribution is 7.89. The molecule has 2 N–H and O–H groups in total. The lowest BCUT2D eigenvalue weighted by Gasteiger charge is -2.34.